The Balaban J connectivity index is 1.70. The topological polar surface area (TPSA) is 32.7 Å². The highest BCUT2D eigenvalue weighted by atomic mass is 16.5. The highest BCUT2D eigenvalue weighted by molar-refractivity contribution is 5.14. The van der Waals surface area contributed by atoms with Crippen molar-refractivity contribution in [3.8, 4) is 0 Å². The molecule has 1 aliphatic rings. The molecule has 0 spiro atoms. The van der Waals surface area contributed by atoms with Gasteiger partial charge in [0.2, 0.25) is 0 Å². The number of aliphatic hydroxyl groups excluding tert-OH is 1. The van der Waals surface area contributed by atoms with Gasteiger partial charge < -0.3 is 9.84 Å². The predicted molar refractivity (Wildman–Crippen MR) is 68.0 cm³/mol. The molecule has 0 saturated carbocycles. The van der Waals surface area contributed by atoms with E-state index in [0.29, 0.717) is 0 Å². The van der Waals surface area contributed by atoms with E-state index in [1.54, 1.807) is 7.11 Å². The molecule has 0 radical (unpaired) electrons. The van der Waals surface area contributed by atoms with Gasteiger partial charge in [-0.15, -0.1) is 0 Å². The zero-order chi connectivity index (χ0) is 12.1. The van der Waals surface area contributed by atoms with Crippen LogP contribution in [0.1, 0.15) is 12.0 Å². The van der Waals surface area contributed by atoms with E-state index in [2.05, 4.69) is 29.2 Å². The van der Waals surface area contributed by atoms with Gasteiger partial charge in [-0.05, 0) is 24.9 Å². The van der Waals surface area contributed by atoms with Crippen LogP contribution in [0.25, 0.3) is 0 Å². The largest absolute Gasteiger partial charge is 0.389 e. The number of aliphatic hydroxyl groups is 1. The predicted octanol–water partition coefficient (Wildman–Crippen LogP) is 1.31. The molecule has 1 fully saturated rings. The zero-order valence-electron chi connectivity index (χ0n) is 10.4. The van der Waals surface area contributed by atoms with Crippen molar-refractivity contribution in [1.82, 2.24) is 4.90 Å². The number of nitrogens with zero attached hydrogens (tertiary/aromatic N) is 1. The number of methoxy groups -OCH3 is 1. The molecule has 94 valence electrons. The quantitative estimate of drug-likeness (QED) is 0.835. The molecule has 1 aliphatic heterocycles. The molecule has 3 heteroatoms. The molecule has 1 N–H and O–H groups in total. The summed E-state index contributed by atoms with van der Waals surface area (Å²) < 4.78 is 5.23. The molecule has 1 aromatic rings. The van der Waals surface area contributed by atoms with Gasteiger partial charge in [-0.3, -0.25) is 4.90 Å². The Labute approximate surface area is 103 Å². The Bertz CT molecular complexity index is 328. The lowest BCUT2D eigenvalue weighted by atomic mass is 10.1. The lowest BCUT2D eigenvalue weighted by Crippen LogP contribution is -2.25. The summed E-state index contributed by atoms with van der Waals surface area (Å²) in [5.41, 5.74) is 1.38. The van der Waals surface area contributed by atoms with Gasteiger partial charge in [0.15, 0.2) is 0 Å². The fraction of sp³-hybridized carbons (Fsp3) is 0.571. The number of hydrogen-bond acceptors (Lipinski definition) is 3. The number of benzene rings is 1. The third-order valence-electron chi connectivity index (χ3n) is 3.40. The van der Waals surface area contributed by atoms with Gasteiger partial charge >= 0.3 is 0 Å². The van der Waals surface area contributed by atoms with Crippen LogP contribution in [0.3, 0.4) is 0 Å². The van der Waals surface area contributed by atoms with Crippen LogP contribution in [0, 0.1) is 0 Å². The van der Waals surface area contributed by atoms with Gasteiger partial charge in [-0.25, -0.2) is 0 Å². The van der Waals surface area contributed by atoms with E-state index in [0.717, 1.165) is 32.5 Å². The smallest absolute Gasteiger partial charge is 0.0969 e. The van der Waals surface area contributed by atoms with Crippen LogP contribution in [0.5, 0.6) is 0 Å². The van der Waals surface area contributed by atoms with Crippen LogP contribution in [0.15, 0.2) is 30.3 Å². The molecule has 0 amide bonds. The highest BCUT2D eigenvalue weighted by Gasteiger charge is 2.30. The molecule has 0 unspecified atom stereocenters. The third kappa shape index (κ3) is 3.53. The molecule has 2 atom stereocenters. The van der Waals surface area contributed by atoms with Gasteiger partial charge in [0.25, 0.3) is 0 Å². The summed E-state index contributed by atoms with van der Waals surface area (Å²) in [5.74, 6) is 0. The summed E-state index contributed by atoms with van der Waals surface area (Å²) in [7, 11) is 1.67. The first-order valence-electron chi connectivity index (χ1n) is 6.26. The number of aryl methyl sites for hydroxylation is 1. The van der Waals surface area contributed by atoms with Crippen LogP contribution in [-0.4, -0.2) is 49.0 Å². The Hall–Kier alpha value is -0.900. The molecular weight excluding hydrogens is 214 g/mol. The van der Waals surface area contributed by atoms with E-state index < -0.39 is 0 Å². The summed E-state index contributed by atoms with van der Waals surface area (Å²) >= 11 is 0. The van der Waals surface area contributed by atoms with E-state index >= 15 is 0 Å². The first kappa shape index (κ1) is 12.6. The van der Waals surface area contributed by atoms with Crippen molar-refractivity contribution in [3.63, 3.8) is 0 Å². The van der Waals surface area contributed by atoms with E-state index in [4.69, 9.17) is 4.74 Å². The van der Waals surface area contributed by atoms with E-state index in [1.165, 1.54) is 5.56 Å². The maximum Gasteiger partial charge on any atom is 0.0969 e. The van der Waals surface area contributed by atoms with Crippen molar-refractivity contribution in [2.75, 3.05) is 26.7 Å². The van der Waals surface area contributed by atoms with Gasteiger partial charge in [0, 0.05) is 20.2 Å². The van der Waals surface area contributed by atoms with Crippen LogP contribution < -0.4 is 0 Å². The minimum atomic E-state index is -0.322. The Morgan fingerprint density at radius 1 is 1.29 bits per heavy atom. The first-order valence-corrected chi connectivity index (χ1v) is 6.26. The summed E-state index contributed by atoms with van der Waals surface area (Å²) in [4.78, 5) is 2.28. The van der Waals surface area contributed by atoms with E-state index in [-0.39, 0.29) is 12.2 Å². The van der Waals surface area contributed by atoms with Crippen LogP contribution in [-0.2, 0) is 11.2 Å². The van der Waals surface area contributed by atoms with Crippen LogP contribution in [0.2, 0.25) is 0 Å². The lowest BCUT2D eigenvalue weighted by Gasteiger charge is -2.14. The lowest BCUT2D eigenvalue weighted by molar-refractivity contribution is 0.0215. The van der Waals surface area contributed by atoms with E-state index in [1.807, 2.05) is 6.07 Å². The minimum absolute atomic E-state index is 0.00766. The van der Waals surface area contributed by atoms with Crippen molar-refractivity contribution >= 4 is 0 Å². The molecule has 0 bridgehead atoms. The fourth-order valence-electron chi connectivity index (χ4n) is 2.40. The average molecular weight is 235 g/mol. The molecular formula is C14H21NO2. The Morgan fingerprint density at radius 2 is 2.06 bits per heavy atom. The van der Waals surface area contributed by atoms with Gasteiger partial charge in [-0.2, -0.15) is 0 Å². The van der Waals surface area contributed by atoms with Crippen molar-refractivity contribution in [3.05, 3.63) is 35.9 Å². The van der Waals surface area contributed by atoms with Crippen molar-refractivity contribution in [1.29, 1.82) is 0 Å². The van der Waals surface area contributed by atoms with Crippen molar-refractivity contribution < 1.29 is 9.84 Å². The fourth-order valence-corrected chi connectivity index (χ4v) is 2.40. The second-order valence-electron chi connectivity index (χ2n) is 4.69. The number of ether oxygens (including phenoxy) is 1. The number of likely N-dealkylation sites (tertiary alicyclic amines) is 1. The maximum absolute atomic E-state index is 9.71. The van der Waals surface area contributed by atoms with Gasteiger partial charge in [0.1, 0.15) is 0 Å². The van der Waals surface area contributed by atoms with Crippen LogP contribution >= 0.6 is 0 Å². The molecule has 2 rings (SSSR count). The Morgan fingerprint density at radius 3 is 2.71 bits per heavy atom. The molecule has 1 heterocycles. The number of rotatable bonds is 5. The summed E-state index contributed by atoms with van der Waals surface area (Å²) in [6, 6.07) is 10.5. The highest BCUT2D eigenvalue weighted by Crippen LogP contribution is 2.13. The normalized spacial score (nSPS) is 25.3. The SMILES string of the molecule is CO[C@H]1CN(CCCc2ccccc2)C[C@@H]1O. The number of hydrogen-bond donors (Lipinski definition) is 1. The summed E-state index contributed by atoms with van der Waals surface area (Å²) in [6.45, 7) is 2.63. The molecule has 17 heavy (non-hydrogen) atoms. The second-order valence-corrected chi connectivity index (χ2v) is 4.69. The van der Waals surface area contributed by atoms with E-state index in [9.17, 15) is 5.11 Å². The third-order valence-corrected chi connectivity index (χ3v) is 3.40. The minimum Gasteiger partial charge on any atom is -0.389 e. The molecule has 0 aromatic heterocycles. The zero-order valence-corrected chi connectivity index (χ0v) is 10.4. The van der Waals surface area contributed by atoms with Gasteiger partial charge in [0.05, 0.1) is 12.2 Å². The van der Waals surface area contributed by atoms with Gasteiger partial charge in [-0.1, -0.05) is 30.3 Å². The Kier molecular flexibility index (Phi) is 4.54. The number of β-amino-alcohol motifs (C(OH)–C–C–N with tert-alkyl or cyclic N) is 1. The monoisotopic (exact) mass is 235 g/mol. The molecule has 1 aromatic carbocycles. The molecule has 3 nitrogen and oxygen atoms in total. The van der Waals surface area contributed by atoms with Crippen molar-refractivity contribution in [2.45, 2.75) is 25.0 Å². The van der Waals surface area contributed by atoms with Crippen molar-refractivity contribution in [2.24, 2.45) is 0 Å². The summed E-state index contributed by atoms with van der Waals surface area (Å²) in [6.07, 6.45) is 1.90. The van der Waals surface area contributed by atoms with Crippen LogP contribution in [0.4, 0.5) is 0 Å². The molecule has 1 saturated heterocycles. The maximum atomic E-state index is 9.71. The standard InChI is InChI=1S/C14H21NO2/c1-17-14-11-15(10-13(14)16)9-5-8-12-6-3-2-4-7-12/h2-4,6-7,13-14,16H,5,8-11H2,1H3/t13-,14-/m0/s1. The average Bonchev–Trinajstić information content (AvgIpc) is 2.71. The molecule has 0 aliphatic carbocycles. The second kappa shape index (κ2) is 6.15. The first-order chi connectivity index (χ1) is 8.29. The summed E-state index contributed by atoms with van der Waals surface area (Å²) in [5, 5.41) is 9.71.